The summed E-state index contributed by atoms with van der Waals surface area (Å²) in [6.45, 7) is 82.8. The second-order valence-electron chi connectivity index (χ2n) is 38.3. The highest BCUT2D eigenvalue weighted by Gasteiger charge is 2.30. The van der Waals surface area contributed by atoms with Crippen LogP contribution in [-0.4, -0.2) is 504 Å². The fourth-order valence-electron chi connectivity index (χ4n) is 14.6. The third-order valence-electron chi connectivity index (χ3n) is 25.0. The molecule has 0 heterocycles. The fourth-order valence-corrected chi connectivity index (χ4v) is 14.6. The lowest BCUT2D eigenvalue weighted by Crippen LogP contribution is -2.51. The first-order chi connectivity index (χ1) is 64.9. The van der Waals surface area contributed by atoms with E-state index < -0.39 is 24.4 Å². The molecule has 0 radical (unpaired) electrons. The third kappa shape index (κ3) is 93.7. The molecule has 40 heteroatoms. The maximum atomic E-state index is 11.2. The minimum absolute atomic E-state index is 0.253. The van der Waals surface area contributed by atoms with Crippen molar-refractivity contribution in [1.82, 2.24) is 31.1 Å². The van der Waals surface area contributed by atoms with Gasteiger partial charge < -0.3 is 146 Å². The fraction of sp³-hybridized carbons (Fsp3) is 0.899. The molecule has 0 aromatic rings. The number of nitrogens with zero attached hydrogens (tertiary/aromatic N) is 12. The second kappa shape index (κ2) is 92.7. The molecule has 0 saturated carbocycles. The molecule has 0 aliphatic heterocycles. The molecule has 0 fully saturated rings. The Kier molecular flexibility index (Phi) is 101. The van der Waals surface area contributed by atoms with Crippen molar-refractivity contribution in [2.24, 2.45) is 22.9 Å². The maximum Gasteiger partial charge on any atom is 0.409 e. The molecule has 0 bridgehead atoms. The molecule has 0 rings (SSSR count). The first-order valence-electron chi connectivity index (χ1n) is 52.0. The Bertz CT molecular complexity index is 2920. The number of unbranched alkanes of at least 4 members (excludes halogenated alkanes) is 2. The molecule has 0 saturated heterocycles. The zero-order chi connectivity index (χ0) is 110. The summed E-state index contributed by atoms with van der Waals surface area (Å²) in [5.41, 5.74) is 19.5. The van der Waals surface area contributed by atoms with Gasteiger partial charge in [0.2, 0.25) is 0 Å². The number of rotatable bonds is 61. The van der Waals surface area contributed by atoms with Gasteiger partial charge in [0.15, 0.2) is 0 Å². The van der Waals surface area contributed by atoms with Crippen LogP contribution < -0.4 is 44.2 Å². The summed E-state index contributed by atoms with van der Waals surface area (Å²) in [6, 6.07) is 0. The van der Waals surface area contributed by atoms with E-state index in [1.807, 2.05) is 42.3 Å². The van der Waals surface area contributed by atoms with Crippen molar-refractivity contribution in [2.75, 3.05) is 389 Å². The molecule has 2 atom stereocenters. The topological polar surface area (TPSA) is 422 Å². The summed E-state index contributed by atoms with van der Waals surface area (Å²) in [5, 5.41) is 9.76. The van der Waals surface area contributed by atoms with Gasteiger partial charge in [-0.05, 0) is 141 Å². The number of carbonyl (C=O) groups excluding carboxylic acids is 10. The quantitative estimate of drug-likeness (QED) is 0.0207. The standard InChI is InChI=1S/C13H28N2O2.2C12H26N2O2.C11H25N2O2.C11H24N2O2.C10H22N2O2.C9H20N2O2.C8H19N2O2.C7H16N2O2.C6H14N2O2/c1-5-8-10-15(7-3,9-6-2)11-12-17-13(16)14-4;1-5-8-14(7-3,9-6-2)10-11-16-12(15)13-4;1-4-7-9-14(6-3,8-5-2)10-11-16-12(13)15;1-6-13(7-2,8-3)9-10-15-11(14)12(4)5;1-4-7-13(6-3,8-5-2)9-10-15-11(12)14;1-5-12(6-2,7-3)8-9-14-10(13)11-4;1-4-11(5-2,6-3)7-8-13-9(10)12;1-9(2)8(11)12-7-6-10(3,4)5;1-8-7(10)11-6-5-9(2,3)4;1-8(2,3)4-5-10-6(7)9/h5-12H2,1-4H3;5-11H2,1-4H3;4-11H2,1-3H3,(H-,13,15);6-10H2,1-5H3;4-10H2,1-3H3,(H-,12,14);5-9H2,1-4H3;4-8H2,1-3H3,(H-,10,12);6-7H2,1-5H3;5-6H2,1-4H3;4-5H2,1-3H3,(H-,7,9)/q;;;+1;;;;+1;;/p+8. The summed E-state index contributed by atoms with van der Waals surface area (Å²) in [5.74, 6) is 0. The molecule has 834 valence electrons. The number of alkyl carbamates (subject to hydrolysis) is 4. The Morgan fingerprint density at radius 3 is 0.489 bits per heavy atom. The average Bonchev–Trinajstić information content (AvgIpc) is 0.901. The van der Waals surface area contributed by atoms with Crippen LogP contribution in [0.3, 0.4) is 0 Å². The van der Waals surface area contributed by atoms with Crippen molar-refractivity contribution in [1.29, 1.82) is 0 Å². The van der Waals surface area contributed by atoms with Gasteiger partial charge >= 0.3 is 60.9 Å². The highest BCUT2D eigenvalue weighted by atomic mass is 16.6. The van der Waals surface area contributed by atoms with Crippen LogP contribution in [0, 0.1) is 0 Å². The van der Waals surface area contributed by atoms with Gasteiger partial charge in [0.1, 0.15) is 132 Å². The first-order valence-corrected chi connectivity index (χ1v) is 52.0. The summed E-state index contributed by atoms with van der Waals surface area (Å²) >= 11 is 0. The van der Waals surface area contributed by atoms with Crippen molar-refractivity contribution < 1.29 is 140 Å². The number of nitrogens with one attached hydrogen (secondary N) is 4. The number of primary amides is 4. The largest absolute Gasteiger partial charge is 0.444 e. The van der Waals surface area contributed by atoms with Gasteiger partial charge in [-0.1, -0.05) is 68.2 Å². The van der Waals surface area contributed by atoms with E-state index in [9.17, 15) is 47.9 Å². The SMILES string of the molecule is CCCC[N+](CC)(CCC)CCOC(=O)NC.CCCC[N+](CC)(CCC)CCOC(N)=O.CCC[N+](CC)(CCC)CCOC(=O)NC.CCC[N+](CC)(CCC)CCOC(N)=O.CC[N+](CC)(CC)CCOC(=O)N(C)C.CC[N+](CC)(CC)CCOC(=O)NC.CC[N+](CC)(CC)CCOC(N)=O.CN(C)C(=O)OCC[N+](C)(C)C.CNC(=O)OCC[N+](C)(C)C.C[N+](C)(C)CCOC(N)=O. The Labute approximate surface area is 849 Å². The summed E-state index contributed by atoms with van der Waals surface area (Å²) < 4.78 is 58.6. The number of amides is 10. The molecule has 10 amide bonds. The van der Waals surface area contributed by atoms with E-state index in [2.05, 4.69) is 193 Å². The van der Waals surface area contributed by atoms with Crippen molar-refractivity contribution in [3.63, 3.8) is 0 Å². The van der Waals surface area contributed by atoms with Crippen LogP contribution in [0.25, 0.3) is 0 Å². The zero-order valence-corrected chi connectivity index (χ0v) is 96.9. The van der Waals surface area contributed by atoms with E-state index in [0.717, 1.165) is 234 Å². The third-order valence-corrected chi connectivity index (χ3v) is 25.0. The molecule has 0 spiro atoms. The maximum absolute atomic E-state index is 11.2. The Morgan fingerprint density at radius 1 is 0.201 bits per heavy atom. The smallest absolute Gasteiger partial charge is 0.409 e. The Morgan fingerprint density at radius 2 is 0.345 bits per heavy atom. The molecule has 0 aliphatic rings. The molecular weight excluding hydrogens is 1790 g/mol. The van der Waals surface area contributed by atoms with Crippen molar-refractivity contribution in [3.05, 3.63) is 0 Å². The van der Waals surface area contributed by atoms with Gasteiger partial charge in [-0.15, -0.1) is 0 Å². The monoisotopic (exact) mass is 2020 g/mol. The zero-order valence-electron chi connectivity index (χ0n) is 96.9. The second-order valence-corrected chi connectivity index (χ2v) is 38.3. The number of hydrogen-bond acceptors (Lipinski definition) is 20. The predicted octanol–water partition coefficient (Wildman–Crippen LogP) is 12.2. The molecule has 0 aliphatic carbocycles. The van der Waals surface area contributed by atoms with E-state index in [-0.39, 0.29) is 36.6 Å². The van der Waals surface area contributed by atoms with Crippen LogP contribution >= 0.6 is 0 Å². The number of carbonyl (C=O) groups is 10. The van der Waals surface area contributed by atoms with E-state index in [1.165, 1.54) is 87.5 Å². The van der Waals surface area contributed by atoms with Gasteiger partial charge in [-0.3, -0.25) is 0 Å². The molecule has 40 nitrogen and oxygen atoms in total. The van der Waals surface area contributed by atoms with Crippen molar-refractivity contribution in [3.8, 4) is 0 Å². The normalized spacial score (nSPS) is 11.9. The average molecular weight is 2020 g/mol. The lowest BCUT2D eigenvalue weighted by Gasteiger charge is -2.37. The molecule has 139 heavy (non-hydrogen) atoms. The van der Waals surface area contributed by atoms with Crippen LogP contribution in [0.5, 0.6) is 0 Å². The molecule has 12 N–H and O–H groups in total. The van der Waals surface area contributed by atoms with Gasteiger partial charge in [0, 0.05) is 56.4 Å². The van der Waals surface area contributed by atoms with Crippen LogP contribution in [0.1, 0.15) is 210 Å². The molecule has 0 aromatic heterocycles. The first kappa shape index (κ1) is 152. The van der Waals surface area contributed by atoms with E-state index in [0.29, 0.717) is 66.1 Å². The lowest BCUT2D eigenvalue weighted by atomic mass is 10.2. The van der Waals surface area contributed by atoms with Gasteiger partial charge in [-0.2, -0.15) is 0 Å². The van der Waals surface area contributed by atoms with Crippen molar-refractivity contribution in [2.45, 2.75) is 210 Å². The number of ether oxygens (including phenoxy) is 10. The highest BCUT2D eigenvalue weighted by molar-refractivity contribution is 5.69. The highest BCUT2D eigenvalue weighted by Crippen LogP contribution is 2.16. The summed E-state index contributed by atoms with van der Waals surface area (Å²) in [4.78, 5) is 110. The van der Waals surface area contributed by atoms with E-state index >= 15 is 0 Å². The number of likely N-dealkylation sites (N-methyl/N-ethyl adjacent to an activating group) is 10. The van der Waals surface area contributed by atoms with Crippen LogP contribution in [0.2, 0.25) is 0 Å². The van der Waals surface area contributed by atoms with Crippen molar-refractivity contribution >= 4 is 60.9 Å². The van der Waals surface area contributed by atoms with Gasteiger partial charge in [0.25, 0.3) is 0 Å². The molecule has 0 aromatic carbocycles. The van der Waals surface area contributed by atoms with Crippen LogP contribution in [0.15, 0.2) is 0 Å². The number of nitrogens with two attached hydrogens (primary N) is 4. The van der Waals surface area contributed by atoms with Crippen LogP contribution in [0.4, 0.5) is 47.9 Å². The summed E-state index contributed by atoms with van der Waals surface area (Å²) in [7, 11) is 31.4. The van der Waals surface area contributed by atoms with Gasteiger partial charge in [-0.25, -0.2) is 47.9 Å². The van der Waals surface area contributed by atoms with E-state index in [1.54, 1.807) is 56.4 Å². The van der Waals surface area contributed by atoms with Gasteiger partial charge in [0.05, 0.1) is 201 Å². The minimum Gasteiger partial charge on any atom is -0.444 e. The van der Waals surface area contributed by atoms with Crippen LogP contribution in [-0.2, 0) is 47.4 Å². The molecule has 2 unspecified atom stereocenters. The Balaban J connectivity index is -0.000000167. The summed E-state index contributed by atoms with van der Waals surface area (Å²) in [6.07, 6.45) is 7.30. The lowest BCUT2D eigenvalue weighted by molar-refractivity contribution is -0.926. The minimum atomic E-state index is -0.701. The Hall–Kier alpha value is -7.70. The van der Waals surface area contributed by atoms with E-state index in [4.69, 9.17) is 65.6 Å². The predicted molar refractivity (Wildman–Crippen MR) is 566 cm³/mol. The number of quaternary nitrogens is 10. The number of hydrogen-bond donors (Lipinski definition) is 8. The molecular formula is C99H228N20O20+10.